The van der Waals surface area contributed by atoms with Gasteiger partial charge in [0.05, 0.1) is 17.1 Å². The molecule has 0 amide bonds. The standard InChI is InChI=1S/C11H9ClF2N4/c12-7-4-8(13)6(3-9(7)14)11-17-16-10-5-15-1-2-18(10)11/h3-4,15H,1-2,5H2. The molecule has 4 nitrogen and oxygen atoms in total. The molecule has 1 N–H and O–H groups in total. The van der Waals surface area contributed by atoms with Gasteiger partial charge in [-0.2, -0.15) is 0 Å². The van der Waals surface area contributed by atoms with Crippen molar-refractivity contribution in [2.24, 2.45) is 0 Å². The molecule has 2 heterocycles. The number of fused-ring (bicyclic) bond motifs is 1. The molecule has 0 saturated carbocycles. The van der Waals surface area contributed by atoms with Gasteiger partial charge in [-0.25, -0.2) is 8.78 Å². The largest absolute Gasteiger partial charge is 0.309 e. The highest BCUT2D eigenvalue weighted by atomic mass is 35.5. The van der Waals surface area contributed by atoms with Gasteiger partial charge in [-0.1, -0.05) is 11.6 Å². The van der Waals surface area contributed by atoms with Crippen molar-refractivity contribution in [1.29, 1.82) is 0 Å². The van der Waals surface area contributed by atoms with Crippen molar-refractivity contribution >= 4 is 11.6 Å². The third-order valence-electron chi connectivity index (χ3n) is 2.87. The third kappa shape index (κ3) is 1.77. The zero-order valence-electron chi connectivity index (χ0n) is 9.25. The smallest absolute Gasteiger partial charge is 0.167 e. The zero-order valence-corrected chi connectivity index (χ0v) is 10.0. The molecule has 18 heavy (non-hydrogen) atoms. The van der Waals surface area contributed by atoms with E-state index in [4.69, 9.17) is 11.6 Å². The molecule has 0 unspecified atom stereocenters. The first-order valence-corrected chi connectivity index (χ1v) is 5.82. The summed E-state index contributed by atoms with van der Waals surface area (Å²) in [6.07, 6.45) is 0. The van der Waals surface area contributed by atoms with Crippen molar-refractivity contribution < 1.29 is 8.78 Å². The van der Waals surface area contributed by atoms with Crippen molar-refractivity contribution in [2.75, 3.05) is 6.54 Å². The minimum atomic E-state index is -0.667. The maximum absolute atomic E-state index is 13.8. The Morgan fingerprint density at radius 2 is 2.06 bits per heavy atom. The number of hydrogen-bond acceptors (Lipinski definition) is 3. The topological polar surface area (TPSA) is 42.7 Å². The second-order valence-corrected chi connectivity index (χ2v) is 4.42. The highest BCUT2D eigenvalue weighted by Crippen LogP contribution is 2.27. The second kappa shape index (κ2) is 4.29. The summed E-state index contributed by atoms with van der Waals surface area (Å²) >= 11 is 5.52. The average Bonchev–Trinajstić information content (AvgIpc) is 2.78. The predicted octanol–water partition coefficient (Wildman–Crippen LogP) is 1.98. The first-order valence-electron chi connectivity index (χ1n) is 5.44. The Bertz CT molecular complexity index is 611. The summed E-state index contributed by atoms with van der Waals surface area (Å²) in [5.41, 5.74) is 0.0811. The fourth-order valence-electron chi connectivity index (χ4n) is 1.99. The van der Waals surface area contributed by atoms with E-state index in [1.54, 1.807) is 4.57 Å². The molecular formula is C11H9ClF2N4. The quantitative estimate of drug-likeness (QED) is 0.806. The Hall–Kier alpha value is -1.53. The Kier molecular flexibility index (Phi) is 2.76. The molecular weight excluding hydrogens is 262 g/mol. The van der Waals surface area contributed by atoms with Crippen LogP contribution in [0.15, 0.2) is 12.1 Å². The first kappa shape index (κ1) is 11.6. The molecule has 1 aliphatic heterocycles. The molecule has 0 saturated heterocycles. The fraction of sp³-hybridized carbons (Fsp3) is 0.273. The summed E-state index contributed by atoms with van der Waals surface area (Å²) in [7, 11) is 0. The Labute approximate surface area is 107 Å². The molecule has 0 bridgehead atoms. The lowest BCUT2D eigenvalue weighted by molar-refractivity contribution is 0.507. The number of benzene rings is 1. The molecule has 0 atom stereocenters. The number of halogens is 3. The Balaban J connectivity index is 2.15. The van der Waals surface area contributed by atoms with E-state index in [9.17, 15) is 8.78 Å². The van der Waals surface area contributed by atoms with Gasteiger partial charge < -0.3 is 9.88 Å². The van der Waals surface area contributed by atoms with Crippen LogP contribution in [0, 0.1) is 11.6 Å². The van der Waals surface area contributed by atoms with Crippen molar-refractivity contribution in [3.8, 4) is 11.4 Å². The summed E-state index contributed by atoms with van der Waals surface area (Å²) < 4.78 is 29.0. The molecule has 7 heteroatoms. The van der Waals surface area contributed by atoms with E-state index >= 15 is 0 Å². The number of nitrogens with one attached hydrogen (secondary N) is 1. The maximum Gasteiger partial charge on any atom is 0.167 e. The van der Waals surface area contributed by atoms with E-state index in [0.29, 0.717) is 24.7 Å². The molecule has 3 rings (SSSR count). The lowest BCUT2D eigenvalue weighted by Crippen LogP contribution is -2.28. The molecule has 2 aromatic rings. The number of rotatable bonds is 1. The van der Waals surface area contributed by atoms with Gasteiger partial charge in [0.15, 0.2) is 5.82 Å². The van der Waals surface area contributed by atoms with E-state index in [1.807, 2.05) is 0 Å². The van der Waals surface area contributed by atoms with Gasteiger partial charge in [0.25, 0.3) is 0 Å². The fourth-order valence-corrected chi connectivity index (χ4v) is 2.14. The van der Waals surface area contributed by atoms with Crippen LogP contribution in [0.25, 0.3) is 11.4 Å². The van der Waals surface area contributed by atoms with Gasteiger partial charge in [-0.3, -0.25) is 0 Å². The van der Waals surface area contributed by atoms with Crippen LogP contribution in [0.1, 0.15) is 5.82 Å². The first-order chi connectivity index (χ1) is 8.66. The van der Waals surface area contributed by atoms with Crippen LogP contribution < -0.4 is 5.32 Å². The number of nitrogens with zero attached hydrogens (tertiary/aromatic N) is 3. The van der Waals surface area contributed by atoms with Crippen molar-refractivity contribution in [1.82, 2.24) is 20.1 Å². The van der Waals surface area contributed by atoms with Gasteiger partial charge in [0, 0.05) is 13.1 Å². The van der Waals surface area contributed by atoms with Crippen LogP contribution in [0.3, 0.4) is 0 Å². The van der Waals surface area contributed by atoms with Gasteiger partial charge in [0.2, 0.25) is 0 Å². The molecule has 1 aromatic carbocycles. The average molecular weight is 271 g/mol. The predicted molar refractivity (Wildman–Crippen MR) is 62.1 cm³/mol. The Morgan fingerprint density at radius 1 is 1.22 bits per heavy atom. The minimum Gasteiger partial charge on any atom is -0.309 e. The number of aromatic nitrogens is 3. The maximum atomic E-state index is 13.8. The molecule has 0 radical (unpaired) electrons. The lowest BCUT2D eigenvalue weighted by atomic mass is 10.2. The second-order valence-electron chi connectivity index (χ2n) is 4.01. The van der Waals surface area contributed by atoms with Crippen LogP contribution in [0.2, 0.25) is 5.02 Å². The highest BCUT2D eigenvalue weighted by Gasteiger charge is 2.20. The van der Waals surface area contributed by atoms with Crippen LogP contribution >= 0.6 is 11.6 Å². The SMILES string of the molecule is Fc1cc(-c2nnc3n2CCNC3)c(F)cc1Cl. The minimum absolute atomic E-state index is 0.0811. The zero-order chi connectivity index (χ0) is 12.7. The molecule has 1 aromatic heterocycles. The van der Waals surface area contributed by atoms with Crippen molar-refractivity contribution in [3.63, 3.8) is 0 Å². The summed E-state index contributed by atoms with van der Waals surface area (Å²) in [6, 6.07) is 2.01. The summed E-state index contributed by atoms with van der Waals surface area (Å²) in [6.45, 7) is 1.95. The van der Waals surface area contributed by atoms with E-state index in [0.717, 1.165) is 18.7 Å². The van der Waals surface area contributed by atoms with E-state index < -0.39 is 11.6 Å². The van der Waals surface area contributed by atoms with Gasteiger partial charge in [-0.05, 0) is 12.1 Å². The number of hydrogen-bond donors (Lipinski definition) is 1. The van der Waals surface area contributed by atoms with E-state index in [2.05, 4.69) is 15.5 Å². The molecule has 0 aliphatic carbocycles. The van der Waals surface area contributed by atoms with Crippen LogP contribution in [0.5, 0.6) is 0 Å². The van der Waals surface area contributed by atoms with Gasteiger partial charge in [-0.15, -0.1) is 10.2 Å². The third-order valence-corrected chi connectivity index (χ3v) is 3.16. The van der Waals surface area contributed by atoms with Crippen molar-refractivity contribution in [2.45, 2.75) is 13.1 Å². The molecule has 94 valence electrons. The van der Waals surface area contributed by atoms with Gasteiger partial charge >= 0.3 is 0 Å². The van der Waals surface area contributed by atoms with E-state index in [-0.39, 0.29) is 10.6 Å². The van der Waals surface area contributed by atoms with Crippen LogP contribution in [-0.4, -0.2) is 21.3 Å². The summed E-state index contributed by atoms with van der Waals surface area (Å²) in [5, 5.41) is 10.8. The molecule has 1 aliphatic rings. The normalized spacial score (nSPS) is 14.6. The van der Waals surface area contributed by atoms with E-state index in [1.165, 1.54) is 0 Å². The summed E-state index contributed by atoms with van der Waals surface area (Å²) in [5.74, 6) is -0.222. The molecule has 0 fully saturated rings. The van der Waals surface area contributed by atoms with Crippen LogP contribution in [-0.2, 0) is 13.1 Å². The summed E-state index contributed by atoms with van der Waals surface area (Å²) in [4.78, 5) is 0. The van der Waals surface area contributed by atoms with Gasteiger partial charge in [0.1, 0.15) is 17.5 Å². The van der Waals surface area contributed by atoms with Crippen molar-refractivity contribution in [3.05, 3.63) is 34.6 Å². The monoisotopic (exact) mass is 270 g/mol. The van der Waals surface area contributed by atoms with Crippen LogP contribution in [0.4, 0.5) is 8.78 Å². The molecule has 0 spiro atoms. The Morgan fingerprint density at radius 3 is 2.89 bits per heavy atom. The highest BCUT2D eigenvalue weighted by molar-refractivity contribution is 6.30. The lowest BCUT2D eigenvalue weighted by Gasteiger charge is -2.16.